The second-order valence-corrected chi connectivity index (χ2v) is 7.73. The highest BCUT2D eigenvalue weighted by atomic mass is 19.3. The molecule has 1 aromatic heterocycles. The average molecular weight is 390 g/mol. The molecule has 1 aliphatic heterocycles. The minimum absolute atomic E-state index is 0.176. The summed E-state index contributed by atoms with van der Waals surface area (Å²) in [6.07, 6.45) is 4.14. The van der Waals surface area contributed by atoms with Crippen LogP contribution in [0.2, 0.25) is 0 Å². The predicted octanol–water partition coefficient (Wildman–Crippen LogP) is 3.24. The molecule has 150 valence electrons. The van der Waals surface area contributed by atoms with Gasteiger partial charge in [-0.3, -0.25) is 4.79 Å². The van der Waals surface area contributed by atoms with Gasteiger partial charge >= 0.3 is 0 Å². The number of nitrogens with zero attached hydrogens (tertiary/aromatic N) is 4. The summed E-state index contributed by atoms with van der Waals surface area (Å²) >= 11 is 0. The minimum Gasteiger partial charge on any atom is -0.497 e. The third-order valence-electron chi connectivity index (χ3n) is 5.47. The Labute approximate surface area is 162 Å². The normalized spacial score (nSPS) is 21.1. The van der Waals surface area contributed by atoms with E-state index in [0.29, 0.717) is 18.2 Å². The number of ether oxygens (including phenoxy) is 1. The molecule has 1 amide bonds. The van der Waals surface area contributed by atoms with Crippen molar-refractivity contribution in [1.82, 2.24) is 19.7 Å². The molecule has 1 aromatic carbocycles. The molecule has 6 nitrogen and oxygen atoms in total. The van der Waals surface area contributed by atoms with Crippen molar-refractivity contribution in [2.45, 2.75) is 50.6 Å². The van der Waals surface area contributed by atoms with Crippen LogP contribution in [0.1, 0.15) is 43.1 Å². The van der Waals surface area contributed by atoms with E-state index < -0.39 is 24.9 Å². The van der Waals surface area contributed by atoms with Gasteiger partial charge in [-0.1, -0.05) is 12.1 Å². The molecule has 0 radical (unpaired) electrons. The Hall–Kier alpha value is -2.51. The number of hydrogen-bond acceptors (Lipinski definition) is 4. The highest BCUT2D eigenvalue weighted by molar-refractivity contribution is 5.77. The van der Waals surface area contributed by atoms with Crippen LogP contribution in [0.5, 0.6) is 5.75 Å². The van der Waals surface area contributed by atoms with E-state index in [1.165, 1.54) is 4.90 Å². The van der Waals surface area contributed by atoms with E-state index in [2.05, 4.69) is 10.2 Å². The van der Waals surface area contributed by atoms with E-state index >= 15 is 0 Å². The molecule has 1 aliphatic carbocycles. The van der Waals surface area contributed by atoms with Crippen molar-refractivity contribution >= 4 is 5.91 Å². The van der Waals surface area contributed by atoms with Crippen molar-refractivity contribution in [3.05, 3.63) is 42.0 Å². The molecule has 28 heavy (non-hydrogen) atoms. The van der Waals surface area contributed by atoms with Crippen molar-refractivity contribution < 1.29 is 18.3 Å². The monoisotopic (exact) mass is 390 g/mol. The van der Waals surface area contributed by atoms with Crippen LogP contribution in [0.25, 0.3) is 0 Å². The molecule has 0 bridgehead atoms. The van der Waals surface area contributed by atoms with Crippen LogP contribution in [0.15, 0.2) is 30.6 Å². The smallest absolute Gasteiger partial charge is 0.267 e. The maximum Gasteiger partial charge on any atom is 0.267 e. The molecule has 8 heteroatoms. The van der Waals surface area contributed by atoms with Crippen LogP contribution in [-0.4, -0.2) is 45.1 Å². The standard InChI is InChI=1S/C20H24F2N4O2/c1-28-16-7-4-14(5-8-16)6-9-18(27)26-12-20(21,22)10-17(26)19-24-23-13-25(19)11-15-2-3-15/h4-5,7-8,13,15,17H,2-3,6,9-12H2,1H3/t17-/m0/s1. The van der Waals surface area contributed by atoms with E-state index in [4.69, 9.17) is 4.74 Å². The first-order chi connectivity index (χ1) is 13.4. The maximum absolute atomic E-state index is 14.2. The molecule has 4 rings (SSSR count). The molecule has 1 atom stereocenters. The molecular weight excluding hydrogens is 366 g/mol. The lowest BCUT2D eigenvalue weighted by Gasteiger charge is -2.24. The first-order valence-electron chi connectivity index (χ1n) is 9.63. The lowest BCUT2D eigenvalue weighted by atomic mass is 10.1. The highest BCUT2D eigenvalue weighted by Crippen LogP contribution is 2.41. The lowest BCUT2D eigenvalue weighted by Crippen LogP contribution is -2.34. The van der Waals surface area contributed by atoms with Crippen LogP contribution in [0, 0.1) is 5.92 Å². The van der Waals surface area contributed by atoms with Crippen molar-refractivity contribution in [2.24, 2.45) is 5.92 Å². The van der Waals surface area contributed by atoms with Gasteiger partial charge in [0, 0.05) is 19.4 Å². The van der Waals surface area contributed by atoms with Gasteiger partial charge < -0.3 is 14.2 Å². The summed E-state index contributed by atoms with van der Waals surface area (Å²) in [5.41, 5.74) is 0.966. The molecule has 2 fully saturated rings. The Bertz CT molecular complexity index is 833. The first kappa shape index (κ1) is 18.8. The Morgan fingerprint density at radius 3 is 2.71 bits per heavy atom. The highest BCUT2D eigenvalue weighted by Gasteiger charge is 2.49. The number of benzene rings is 1. The largest absolute Gasteiger partial charge is 0.497 e. The van der Waals surface area contributed by atoms with Crippen LogP contribution in [0.3, 0.4) is 0 Å². The van der Waals surface area contributed by atoms with Crippen LogP contribution in [-0.2, 0) is 17.8 Å². The maximum atomic E-state index is 14.2. The van der Waals surface area contributed by atoms with Crippen molar-refractivity contribution in [3.63, 3.8) is 0 Å². The van der Waals surface area contributed by atoms with Crippen LogP contribution in [0.4, 0.5) is 8.78 Å². The molecular formula is C20H24F2N4O2. The van der Waals surface area contributed by atoms with Crippen molar-refractivity contribution in [1.29, 1.82) is 0 Å². The number of carbonyl (C=O) groups is 1. The van der Waals surface area contributed by atoms with Gasteiger partial charge in [-0.05, 0) is 42.9 Å². The summed E-state index contributed by atoms with van der Waals surface area (Å²) in [5, 5.41) is 8.00. The summed E-state index contributed by atoms with van der Waals surface area (Å²) in [7, 11) is 1.59. The number of likely N-dealkylation sites (tertiary alicyclic amines) is 1. The van der Waals surface area contributed by atoms with Crippen LogP contribution >= 0.6 is 0 Å². The van der Waals surface area contributed by atoms with Gasteiger partial charge in [-0.25, -0.2) is 8.78 Å². The van der Waals surface area contributed by atoms with Crippen molar-refractivity contribution in [3.8, 4) is 5.75 Å². The Kier molecular flexibility index (Phi) is 5.03. The summed E-state index contributed by atoms with van der Waals surface area (Å²) < 4.78 is 35.3. The fraction of sp³-hybridized carbons (Fsp3) is 0.550. The van der Waals surface area contributed by atoms with Gasteiger partial charge in [0.05, 0.1) is 19.7 Å². The minimum atomic E-state index is -2.91. The molecule has 1 saturated heterocycles. The molecule has 0 unspecified atom stereocenters. The summed E-state index contributed by atoms with van der Waals surface area (Å²) in [4.78, 5) is 14.1. The number of aromatic nitrogens is 3. The summed E-state index contributed by atoms with van der Waals surface area (Å²) in [6, 6.07) is 6.70. The topological polar surface area (TPSA) is 60.2 Å². The molecule has 2 heterocycles. The Morgan fingerprint density at radius 1 is 1.29 bits per heavy atom. The van der Waals surface area contributed by atoms with Gasteiger partial charge in [0.25, 0.3) is 5.92 Å². The third-order valence-corrected chi connectivity index (χ3v) is 5.47. The van der Waals surface area contributed by atoms with Gasteiger partial charge in [-0.15, -0.1) is 10.2 Å². The zero-order chi connectivity index (χ0) is 19.7. The zero-order valence-electron chi connectivity index (χ0n) is 15.9. The number of amides is 1. The summed E-state index contributed by atoms with van der Waals surface area (Å²) in [6.45, 7) is 0.174. The molecule has 2 aromatic rings. The van der Waals surface area contributed by atoms with Gasteiger partial charge in [-0.2, -0.15) is 0 Å². The SMILES string of the molecule is COc1ccc(CCC(=O)N2CC(F)(F)C[C@H]2c2nncn2CC2CC2)cc1. The molecule has 1 saturated carbocycles. The average Bonchev–Trinajstić information content (AvgIpc) is 3.27. The number of hydrogen-bond donors (Lipinski definition) is 0. The number of carbonyl (C=O) groups excluding carboxylic acids is 1. The number of rotatable bonds is 7. The number of alkyl halides is 2. The summed E-state index contributed by atoms with van der Waals surface area (Å²) in [5.74, 6) is -1.40. The Balaban J connectivity index is 1.46. The van der Waals surface area contributed by atoms with Gasteiger partial charge in [0.15, 0.2) is 5.82 Å². The number of methoxy groups -OCH3 is 1. The van der Waals surface area contributed by atoms with E-state index in [9.17, 15) is 13.6 Å². The number of halogens is 2. The second kappa shape index (κ2) is 7.48. The van der Waals surface area contributed by atoms with Gasteiger partial charge in [0.2, 0.25) is 5.91 Å². The van der Waals surface area contributed by atoms with E-state index in [1.54, 1.807) is 13.4 Å². The molecule has 0 N–H and O–H groups in total. The second-order valence-electron chi connectivity index (χ2n) is 7.73. The quantitative estimate of drug-likeness (QED) is 0.728. The predicted molar refractivity (Wildman–Crippen MR) is 98.1 cm³/mol. The van der Waals surface area contributed by atoms with E-state index in [0.717, 1.165) is 30.7 Å². The lowest BCUT2D eigenvalue weighted by molar-refractivity contribution is -0.133. The zero-order valence-corrected chi connectivity index (χ0v) is 15.9. The van der Waals surface area contributed by atoms with E-state index in [1.807, 2.05) is 28.8 Å². The van der Waals surface area contributed by atoms with Crippen molar-refractivity contribution in [2.75, 3.05) is 13.7 Å². The fourth-order valence-corrected chi connectivity index (χ4v) is 3.74. The van der Waals surface area contributed by atoms with Crippen LogP contribution < -0.4 is 4.74 Å². The van der Waals surface area contributed by atoms with E-state index in [-0.39, 0.29) is 12.3 Å². The number of aryl methyl sites for hydroxylation is 1. The van der Waals surface area contributed by atoms with Gasteiger partial charge in [0.1, 0.15) is 12.1 Å². The first-order valence-corrected chi connectivity index (χ1v) is 9.63. The Morgan fingerprint density at radius 2 is 2.04 bits per heavy atom. The third kappa shape index (κ3) is 4.15. The molecule has 0 spiro atoms. The fourth-order valence-electron chi connectivity index (χ4n) is 3.74. The molecule has 2 aliphatic rings.